The van der Waals surface area contributed by atoms with Crippen LogP contribution in [0.3, 0.4) is 0 Å². The van der Waals surface area contributed by atoms with Crippen molar-refractivity contribution in [2.45, 2.75) is 27.3 Å². The Labute approximate surface area is 216 Å². The summed E-state index contributed by atoms with van der Waals surface area (Å²) in [6, 6.07) is 11.3. The zero-order chi connectivity index (χ0) is 27.1. The van der Waals surface area contributed by atoms with Gasteiger partial charge in [0.05, 0.1) is 35.0 Å². The predicted octanol–water partition coefficient (Wildman–Crippen LogP) is 3.40. The van der Waals surface area contributed by atoms with E-state index in [2.05, 4.69) is 20.3 Å². The second-order valence-electron chi connectivity index (χ2n) is 9.07. The van der Waals surface area contributed by atoms with Crippen LogP contribution in [0.4, 0.5) is 16.0 Å². The molecule has 38 heavy (non-hydrogen) atoms. The first-order valence-electron chi connectivity index (χ1n) is 11.7. The zero-order valence-electron chi connectivity index (χ0n) is 21.2. The molecular formula is C27H23FN8O2. The van der Waals surface area contributed by atoms with Gasteiger partial charge < -0.3 is 9.88 Å². The molecule has 5 rings (SSSR count). The van der Waals surface area contributed by atoms with Gasteiger partial charge >= 0.3 is 11.4 Å². The molecule has 0 fully saturated rings. The molecule has 0 radical (unpaired) electrons. The Hall–Kier alpha value is -5.11. The van der Waals surface area contributed by atoms with E-state index in [0.717, 1.165) is 32.6 Å². The topological polar surface area (TPSA) is 123 Å². The third-order valence-electron chi connectivity index (χ3n) is 6.38. The molecule has 0 bridgehead atoms. The molecule has 0 aliphatic heterocycles. The summed E-state index contributed by atoms with van der Waals surface area (Å²) in [6.45, 7) is 5.51. The number of benzene rings is 2. The van der Waals surface area contributed by atoms with Crippen molar-refractivity contribution < 1.29 is 4.39 Å². The SMILES string of the molecule is Cc1cncc(-n2c(=O)nc(Nc3cc4c(cc3C)nc(C)n4C)n(Cc3ccc(F)c(C#N)c3)c2=O)c1. The summed E-state index contributed by atoms with van der Waals surface area (Å²) in [5, 5.41) is 12.4. The lowest BCUT2D eigenvalue weighted by Gasteiger charge is -2.17. The van der Waals surface area contributed by atoms with Gasteiger partial charge in [-0.05, 0) is 67.8 Å². The van der Waals surface area contributed by atoms with Gasteiger partial charge in [-0.15, -0.1) is 0 Å². The second kappa shape index (κ2) is 9.40. The first kappa shape index (κ1) is 24.6. The van der Waals surface area contributed by atoms with E-state index in [4.69, 9.17) is 0 Å². The zero-order valence-corrected chi connectivity index (χ0v) is 21.2. The van der Waals surface area contributed by atoms with Crippen molar-refractivity contribution in [1.82, 2.24) is 28.7 Å². The molecule has 3 aromatic heterocycles. The normalized spacial score (nSPS) is 11.1. The smallest absolute Gasteiger partial charge is 0.331 e. The molecule has 0 aliphatic rings. The Balaban J connectivity index is 1.70. The summed E-state index contributed by atoms with van der Waals surface area (Å²) in [6.07, 6.45) is 3.01. The van der Waals surface area contributed by atoms with Crippen molar-refractivity contribution in [3.05, 3.63) is 104 Å². The highest BCUT2D eigenvalue weighted by atomic mass is 19.1. The molecule has 5 aromatic rings. The van der Waals surface area contributed by atoms with Gasteiger partial charge in [-0.25, -0.2) is 23.5 Å². The minimum Gasteiger partial charge on any atom is -0.331 e. The summed E-state index contributed by atoms with van der Waals surface area (Å²) in [5.41, 5.74) is 3.05. The molecule has 0 saturated heterocycles. The maximum Gasteiger partial charge on any atom is 0.359 e. The summed E-state index contributed by atoms with van der Waals surface area (Å²) in [5.74, 6) is 0.179. The van der Waals surface area contributed by atoms with Crippen molar-refractivity contribution in [3.8, 4) is 11.8 Å². The quantitative estimate of drug-likeness (QED) is 0.384. The van der Waals surface area contributed by atoms with E-state index in [1.165, 1.54) is 29.0 Å². The van der Waals surface area contributed by atoms with Crippen LogP contribution in [0.5, 0.6) is 0 Å². The van der Waals surface area contributed by atoms with Gasteiger partial charge in [0.1, 0.15) is 17.7 Å². The van der Waals surface area contributed by atoms with Crippen LogP contribution in [0, 0.1) is 37.9 Å². The molecule has 3 heterocycles. The average Bonchev–Trinajstić information content (AvgIpc) is 3.14. The molecule has 0 saturated carbocycles. The van der Waals surface area contributed by atoms with Crippen LogP contribution >= 0.6 is 0 Å². The highest BCUT2D eigenvalue weighted by Crippen LogP contribution is 2.26. The van der Waals surface area contributed by atoms with Crippen molar-refractivity contribution in [2.24, 2.45) is 7.05 Å². The fourth-order valence-corrected chi connectivity index (χ4v) is 4.27. The molecule has 11 heteroatoms. The number of nitriles is 1. The van der Waals surface area contributed by atoms with Gasteiger partial charge in [0.15, 0.2) is 0 Å². The first-order chi connectivity index (χ1) is 18.2. The Kier molecular flexibility index (Phi) is 6.08. The molecular weight excluding hydrogens is 487 g/mol. The number of aromatic nitrogens is 6. The van der Waals surface area contributed by atoms with Crippen LogP contribution < -0.4 is 16.7 Å². The maximum absolute atomic E-state index is 14.0. The summed E-state index contributed by atoms with van der Waals surface area (Å²) in [7, 11) is 1.90. The largest absolute Gasteiger partial charge is 0.359 e. The van der Waals surface area contributed by atoms with E-state index in [0.29, 0.717) is 11.3 Å². The van der Waals surface area contributed by atoms with Crippen LogP contribution in [-0.4, -0.2) is 28.7 Å². The molecule has 0 atom stereocenters. The number of nitrogens with one attached hydrogen (secondary N) is 1. The van der Waals surface area contributed by atoms with Gasteiger partial charge in [-0.3, -0.25) is 9.55 Å². The number of imidazole rings is 1. The second-order valence-corrected chi connectivity index (χ2v) is 9.07. The predicted molar refractivity (Wildman–Crippen MR) is 140 cm³/mol. The molecule has 0 unspecified atom stereocenters. The first-order valence-corrected chi connectivity index (χ1v) is 11.7. The molecule has 0 aliphatic carbocycles. The molecule has 1 N–H and O–H groups in total. The van der Waals surface area contributed by atoms with E-state index < -0.39 is 17.2 Å². The number of rotatable bonds is 5. The molecule has 0 spiro atoms. The van der Waals surface area contributed by atoms with Gasteiger partial charge in [0, 0.05) is 18.9 Å². The van der Waals surface area contributed by atoms with Crippen LogP contribution in [-0.2, 0) is 13.6 Å². The van der Waals surface area contributed by atoms with Crippen molar-refractivity contribution in [3.63, 3.8) is 0 Å². The molecule has 2 aromatic carbocycles. The number of nitrogens with zero attached hydrogens (tertiary/aromatic N) is 7. The average molecular weight is 511 g/mol. The maximum atomic E-state index is 14.0. The van der Waals surface area contributed by atoms with Crippen molar-refractivity contribution in [1.29, 1.82) is 5.26 Å². The minimum absolute atomic E-state index is 0.000959. The number of halogens is 1. The van der Waals surface area contributed by atoms with Gasteiger partial charge in [-0.1, -0.05) is 6.07 Å². The molecule has 190 valence electrons. The van der Waals surface area contributed by atoms with E-state index in [9.17, 15) is 19.2 Å². The lowest BCUT2D eigenvalue weighted by atomic mass is 10.1. The summed E-state index contributed by atoms with van der Waals surface area (Å²) < 4.78 is 18.1. The van der Waals surface area contributed by atoms with Gasteiger partial charge in [0.2, 0.25) is 5.95 Å². The van der Waals surface area contributed by atoms with Crippen LogP contribution in [0.2, 0.25) is 0 Å². The van der Waals surface area contributed by atoms with E-state index in [1.807, 2.05) is 43.7 Å². The van der Waals surface area contributed by atoms with Crippen LogP contribution in [0.15, 0.2) is 58.4 Å². The van der Waals surface area contributed by atoms with Gasteiger partial charge in [-0.2, -0.15) is 10.2 Å². The Morgan fingerprint density at radius 2 is 1.84 bits per heavy atom. The van der Waals surface area contributed by atoms with Crippen molar-refractivity contribution >= 4 is 22.7 Å². The number of aryl methyl sites for hydroxylation is 4. The van der Waals surface area contributed by atoms with Crippen LogP contribution in [0.25, 0.3) is 16.7 Å². The standard InChI is InChI=1S/C27H23FN8O2/c1-15-7-20(13-30-12-15)36-26(37)33-25(32-22-10-24-23(8-16(22)2)31-17(3)34(24)4)35(27(36)38)14-18-5-6-21(28)19(9-18)11-29/h5-10,12-13H,14H2,1-4H3,(H,32,33,37). The van der Waals surface area contributed by atoms with Gasteiger partial charge in [0.25, 0.3) is 0 Å². The number of anilines is 2. The monoisotopic (exact) mass is 510 g/mol. The Morgan fingerprint density at radius 3 is 2.58 bits per heavy atom. The number of hydrogen-bond acceptors (Lipinski definition) is 7. The third-order valence-corrected chi connectivity index (χ3v) is 6.38. The third kappa shape index (κ3) is 4.32. The van der Waals surface area contributed by atoms with Crippen LogP contribution in [0.1, 0.15) is 28.1 Å². The number of fused-ring (bicyclic) bond motifs is 1. The lowest BCUT2D eigenvalue weighted by Crippen LogP contribution is -2.41. The highest BCUT2D eigenvalue weighted by Gasteiger charge is 2.18. The lowest BCUT2D eigenvalue weighted by molar-refractivity contribution is 0.620. The van der Waals surface area contributed by atoms with Crippen molar-refractivity contribution in [2.75, 3.05) is 5.32 Å². The fourth-order valence-electron chi connectivity index (χ4n) is 4.27. The van der Waals surface area contributed by atoms with E-state index in [1.54, 1.807) is 19.2 Å². The molecule has 0 amide bonds. The van der Waals surface area contributed by atoms with E-state index >= 15 is 0 Å². The Bertz CT molecular complexity index is 1890. The number of pyridine rings is 1. The fraction of sp³-hybridized carbons (Fsp3) is 0.185. The molecule has 10 nitrogen and oxygen atoms in total. The summed E-state index contributed by atoms with van der Waals surface area (Å²) in [4.78, 5) is 39.7. The summed E-state index contributed by atoms with van der Waals surface area (Å²) >= 11 is 0. The van der Waals surface area contributed by atoms with E-state index in [-0.39, 0.29) is 23.7 Å². The number of hydrogen-bond donors (Lipinski definition) is 1. The highest BCUT2D eigenvalue weighted by molar-refractivity contribution is 5.83. The Morgan fingerprint density at radius 1 is 1.05 bits per heavy atom. The minimum atomic E-state index is -0.784.